The van der Waals surface area contributed by atoms with E-state index in [2.05, 4.69) is 39.0 Å². The summed E-state index contributed by atoms with van der Waals surface area (Å²) in [7, 11) is 3.38. The second kappa shape index (κ2) is 6.19. The van der Waals surface area contributed by atoms with E-state index < -0.39 is 0 Å². The molecular weight excluding hydrogens is 174 g/mol. The summed E-state index contributed by atoms with van der Waals surface area (Å²) in [5, 5.41) is 0. The number of benzene rings is 1. The minimum atomic E-state index is 0.750. The van der Waals surface area contributed by atoms with Crippen LogP contribution in [0.2, 0.25) is 0 Å². The maximum Gasteiger partial charge on any atom is 0.209 e. The minimum Gasteiger partial charge on any atom is -0.351 e. The van der Waals surface area contributed by atoms with E-state index in [9.17, 15) is 4.79 Å². The molecule has 14 heavy (non-hydrogen) atoms. The molecule has 1 rings (SSSR count). The molecule has 2 heteroatoms. The fourth-order valence-electron chi connectivity index (χ4n) is 1.20. The molecule has 0 aliphatic heterocycles. The Kier molecular flexibility index (Phi) is 5.61. The van der Waals surface area contributed by atoms with E-state index in [0.29, 0.717) is 0 Å². The second-order valence-corrected chi connectivity index (χ2v) is 3.73. The first-order valence-corrected chi connectivity index (χ1v) is 4.62. The summed E-state index contributed by atoms with van der Waals surface area (Å²) in [5.74, 6) is 0. The third-order valence-corrected chi connectivity index (χ3v) is 1.58. The van der Waals surface area contributed by atoms with E-state index in [1.807, 2.05) is 0 Å². The molecule has 0 aromatic heterocycles. The van der Waals surface area contributed by atoms with E-state index in [-0.39, 0.29) is 0 Å². The van der Waals surface area contributed by atoms with Gasteiger partial charge < -0.3 is 4.90 Å². The maximum atomic E-state index is 9.43. The van der Waals surface area contributed by atoms with Crippen molar-refractivity contribution in [3.05, 3.63) is 34.9 Å². The fraction of sp³-hybridized carbons (Fsp3) is 0.417. The Labute approximate surface area is 86.5 Å². The van der Waals surface area contributed by atoms with Crippen molar-refractivity contribution in [1.82, 2.24) is 4.90 Å². The Balaban J connectivity index is 0.000000292. The highest BCUT2D eigenvalue weighted by atomic mass is 16.1. The lowest BCUT2D eigenvalue weighted by Gasteiger charge is -1.96. The van der Waals surface area contributed by atoms with Crippen molar-refractivity contribution in [2.45, 2.75) is 20.8 Å². The van der Waals surface area contributed by atoms with Crippen LogP contribution in [0.1, 0.15) is 16.7 Å². The van der Waals surface area contributed by atoms with Gasteiger partial charge in [0.2, 0.25) is 6.41 Å². The largest absolute Gasteiger partial charge is 0.351 e. The minimum absolute atomic E-state index is 0.750. The molecular formula is C12H19NO. The Bertz CT molecular complexity index is 242. The topological polar surface area (TPSA) is 20.3 Å². The Morgan fingerprint density at radius 3 is 1.29 bits per heavy atom. The number of hydrogen-bond acceptors (Lipinski definition) is 1. The number of aryl methyl sites for hydroxylation is 3. The van der Waals surface area contributed by atoms with Crippen LogP contribution in [-0.2, 0) is 4.79 Å². The van der Waals surface area contributed by atoms with Crippen LogP contribution in [0, 0.1) is 20.8 Å². The molecule has 78 valence electrons. The van der Waals surface area contributed by atoms with Gasteiger partial charge in [-0.15, -0.1) is 0 Å². The Hall–Kier alpha value is -1.31. The first-order chi connectivity index (χ1) is 6.45. The van der Waals surface area contributed by atoms with Gasteiger partial charge in [-0.25, -0.2) is 0 Å². The number of hydrogen-bond donors (Lipinski definition) is 0. The molecule has 0 unspecified atom stereocenters. The van der Waals surface area contributed by atoms with Gasteiger partial charge in [0.05, 0.1) is 0 Å². The van der Waals surface area contributed by atoms with Gasteiger partial charge in [0, 0.05) is 14.1 Å². The first-order valence-electron chi connectivity index (χ1n) is 4.62. The van der Waals surface area contributed by atoms with E-state index >= 15 is 0 Å². The molecule has 1 amide bonds. The fourth-order valence-corrected chi connectivity index (χ4v) is 1.20. The van der Waals surface area contributed by atoms with Gasteiger partial charge in [0.25, 0.3) is 0 Å². The number of amides is 1. The summed E-state index contributed by atoms with van der Waals surface area (Å²) in [6.07, 6.45) is 0.750. The average molecular weight is 193 g/mol. The van der Waals surface area contributed by atoms with Gasteiger partial charge in [0.1, 0.15) is 0 Å². The van der Waals surface area contributed by atoms with Crippen LogP contribution >= 0.6 is 0 Å². The Morgan fingerprint density at radius 1 is 0.929 bits per heavy atom. The lowest BCUT2D eigenvalue weighted by molar-refractivity contribution is -0.115. The third kappa shape index (κ3) is 6.23. The van der Waals surface area contributed by atoms with Crippen molar-refractivity contribution < 1.29 is 4.79 Å². The Morgan fingerprint density at radius 2 is 1.14 bits per heavy atom. The molecule has 0 spiro atoms. The van der Waals surface area contributed by atoms with Gasteiger partial charge in [-0.05, 0) is 20.8 Å². The van der Waals surface area contributed by atoms with E-state index in [1.54, 1.807) is 14.1 Å². The highest BCUT2D eigenvalue weighted by molar-refractivity contribution is 5.45. The number of rotatable bonds is 1. The molecule has 0 atom stereocenters. The summed E-state index contributed by atoms with van der Waals surface area (Å²) >= 11 is 0. The summed E-state index contributed by atoms with van der Waals surface area (Å²) in [5.41, 5.74) is 4.06. The van der Waals surface area contributed by atoms with Crippen LogP contribution in [0.3, 0.4) is 0 Å². The highest BCUT2D eigenvalue weighted by Gasteiger charge is 1.87. The van der Waals surface area contributed by atoms with Crippen molar-refractivity contribution >= 4 is 6.41 Å². The molecule has 0 bridgehead atoms. The van der Waals surface area contributed by atoms with Gasteiger partial charge in [0.15, 0.2) is 0 Å². The zero-order valence-corrected chi connectivity index (χ0v) is 9.66. The van der Waals surface area contributed by atoms with Crippen LogP contribution in [0.4, 0.5) is 0 Å². The summed E-state index contributed by atoms with van der Waals surface area (Å²) < 4.78 is 0. The molecule has 1 aromatic carbocycles. The number of carbonyl (C=O) groups is 1. The van der Waals surface area contributed by atoms with Crippen LogP contribution in [0.5, 0.6) is 0 Å². The predicted molar refractivity (Wildman–Crippen MR) is 60.4 cm³/mol. The average Bonchev–Trinajstić information content (AvgIpc) is 2.02. The molecule has 0 aliphatic rings. The molecule has 0 aliphatic carbocycles. The smallest absolute Gasteiger partial charge is 0.209 e. The van der Waals surface area contributed by atoms with Gasteiger partial charge in [-0.3, -0.25) is 4.79 Å². The summed E-state index contributed by atoms with van der Waals surface area (Å²) in [6.45, 7) is 6.38. The summed E-state index contributed by atoms with van der Waals surface area (Å²) in [6, 6.07) is 6.56. The monoisotopic (exact) mass is 193 g/mol. The molecule has 1 aromatic rings. The molecule has 0 heterocycles. The van der Waals surface area contributed by atoms with Crippen molar-refractivity contribution in [1.29, 1.82) is 0 Å². The van der Waals surface area contributed by atoms with Crippen molar-refractivity contribution in [2.75, 3.05) is 14.1 Å². The quantitative estimate of drug-likeness (QED) is 0.627. The van der Waals surface area contributed by atoms with Crippen molar-refractivity contribution in [3.63, 3.8) is 0 Å². The van der Waals surface area contributed by atoms with Gasteiger partial charge in [-0.1, -0.05) is 34.9 Å². The first kappa shape index (κ1) is 12.7. The zero-order chi connectivity index (χ0) is 11.1. The molecule has 2 nitrogen and oxygen atoms in total. The molecule has 0 saturated heterocycles. The maximum absolute atomic E-state index is 9.43. The van der Waals surface area contributed by atoms with Crippen LogP contribution < -0.4 is 0 Å². The molecule has 0 N–H and O–H groups in total. The van der Waals surface area contributed by atoms with Crippen LogP contribution in [-0.4, -0.2) is 25.4 Å². The SMILES string of the molecule is CN(C)C=O.Cc1cc(C)cc(C)c1. The third-order valence-electron chi connectivity index (χ3n) is 1.58. The molecule has 0 saturated carbocycles. The second-order valence-electron chi connectivity index (χ2n) is 3.73. The van der Waals surface area contributed by atoms with Crippen LogP contribution in [0.25, 0.3) is 0 Å². The van der Waals surface area contributed by atoms with Gasteiger partial charge >= 0.3 is 0 Å². The van der Waals surface area contributed by atoms with E-state index in [0.717, 1.165) is 6.41 Å². The standard InChI is InChI=1S/C9H12.C3H7NO/c1-7-4-8(2)6-9(3)5-7;1-4(2)3-5/h4-6H,1-3H3;3H,1-2H3. The lowest BCUT2D eigenvalue weighted by atomic mass is 10.1. The summed E-state index contributed by atoms with van der Waals surface area (Å²) in [4.78, 5) is 10.9. The highest BCUT2D eigenvalue weighted by Crippen LogP contribution is 2.06. The van der Waals surface area contributed by atoms with Crippen molar-refractivity contribution in [2.24, 2.45) is 0 Å². The number of carbonyl (C=O) groups excluding carboxylic acids is 1. The zero-order valence-electron chi connectivity index (χ0n) is 9.66. The predicted octanol–water partition coefficient (Wildman–Crippen LogP) is 2.32. The lowest BCUT2D eigenvalue weighted by Crippen LogP contribution is -2.06. The normalized spacial score (nSPS) is 8.64. The van der Waals surface area contributed by atoms with E-state index in [4.69, 9.17) is 0 Å². The number of nitrogens with zero attached hydrogens (tertiary/aromatic N) is 1. The van der Waals surface area contributed by atoms with Crippen LogP contribution in [0.15, 0.2) is 18.2 Å². The van der Waals surface area contributed by atoms with Crippen molar-refractivity contribution in [3.8, 4) is 0 Å². The van der Waals surface area contributed by atoms with E-state index in [1.165, 1.54) is 21.6 Å². The molecule has 0 fully saturated rings. The molecule has 0 radical (unpaired) electrons. The van der Waals surface area contributed by atoms with Gasteiger partial charge in [-0.2, -0.15) is 0 Å².